The monoisotopic (exact) mass is 628 g/mol. The number of nitrogens with one attached hydrogen (secondary N) is 1. The zero-order valence-electron chi connectivity index (χ0n) is 22.4. The molecule has 41 heavy (non-hydrogen) atoms. The number of carbonyl (C=O) groups excluding carboxylic acids is 1. The lowest BCUT2D eigenvalue weighted by atomic mass is 10.0. The van der Waals surface area contributed by atoms with Gasteiger partial charge in [-0.15, -0.1) is 0 Å². The van der Waals surface area contributed by atoms with Gasteiger partial charge in [0.1, 0.15) is 16.9 Å². The number of anilines is 1. The van der Waals surface area contributed by atoms with E-state index in [1.807, 2.05) is 0 Å². The number of nitro groups is 1. The van der Waals surface area contributed by atoms with Gasteiger partial charge in [0.25, 0.3) is 5.69 Å². The maximum Gasteiger partial charge on any atom is 0.346 e. The summed E-state index contributed by atoms with van der Waals surface area (Å²) in [5.41, 5.74) is -5.91. The Balaban J connectivity index is 2.37. The average Bonchev–Trinajstić information content (AvgIpc) is 2.84. The van der Waals surface area contributed by atoms with Gasteiger partial charge in [-0.2, -0.15) is 0 Å². The lowest BCUT2D eigenvalue weighted by molar-refractivity contribution is -0.385. The third-order valence-corrected chi connectivity index (χ3v) is 8.46. The summed E-state index contributed by atoms with van der Waals surface area (Å²) < 4.78 is 117. The Hall–Kier alpha value is -3.47. The third-order valence-electron chi connectivity index (χ3n) is 5.29. The van der Waals surface area contributed by atoms with Gasteiger partial charge in [-0.05, 0) is 52.3 Å². The third kappa shape index (κ3) is 9.01. The molecule has 0 amide bonds. The number of sulfonamides is 1. The first kappa shape index (κ1) is 33.7. The predicted octanol–water partition coefficient (Wildman–Crippen LogP) is 5.13. The number of nitrogens with zero attached hydrogens (tertiary/aromatic N) is 1. The topological polar surface area (TPSA) is 159 Å². The molecule has 0 fully saturated rings. The van der Waals surface area contributed by atoms with Gasteiger partial charge in [0, 0.05) is 18.1 Å². The van der Waals surface area contributed by atoms with Crippen LogP contribution in [0.2, 0.25) is 0 Å². The highest BCUT2D eigenvalue weighted by atomic mass is 32.2. The van der Waals surface area contributed by atoms with E-state index in [1.165, 1.54) is 27.7 Å². The second-order valence-electron chi connectivity index (χ2n) is 9.71. The van der Waals surface area contributed by atoms with Crippen LogP contribution in [0, 0.1) is 28.7 Å². The Morgan fingerprint density at radius 2 is 1.73 bits per heavy atom. The van der Waals surface area contributed by atoms with Crippen molar-refractivity contribution in [1.82, 2.24) is 0 Å². The molecular formula is C24H28F4N2O9S2. The minimum absolute atomic E-state index is 0.207. The number of esters is 1. The Kier molecular flexibility index (Phi) is 10.7. The van der Waals surface area contributed by atoms with Crippen LogP contribution in [0.25, 0.3) is 0 Å². The highest BCUT2D eigenvalue weighted by molar-refractivity contribution is 7.93. The van der Waals surface area contributed by atoms with Gasteiger partial charge >= 0.3 is 5.97 Å². The van der Waals surface area contributed by atoms with Crippen molar-refractivity contribution in [2.75, 3.05) is 22.9 Å². The molecule has 0 aliphatic rings. The summed E-state index contributed by atoms with van der Waals surface area (Å²) in [5, 5.41) is 11.5. The first-order valence-corrected chi connectivity index (χ1v) is 15.3. The van der Waals surface area contributed by atoms with Gasteiger partial charge < -0.3 is 9.47 Å². The first-order valence-electron chi connectivity index (χ1n) is 11.9. The summed E-state index contributed by atoms with van der Waals surface area (Å²) >= 11 is 0. The molecule has 0 heterocycles. The molecule has 11 nitrogen and oxygen atoms in total. The molecule has 0 saturated carbocycles. The van der Waals surface area contributed by atoms with Crippen molar-refractivity contribution in [3.63, 3.8) is 0 Å². The molecule has 228 valence electrons. The number of nitro benzene ring substituents is 1. The maximum atomic E-state index is 15.2. The fourth-order valence-corrected chi connectivity index (χ4v) is 5.88. The summed E-state index contributed by atoms with van der Waals surface area (Å²) in [6.45, 7) is 4.75. The second kappa shape index (κ2) is 13.0. The predicted molar refractivity (Wildman–Crippen MR) is 141 cm³/mol. The van der Waals surface area contributed by atoms with Crippen molar-refractivity contribution in [3.8, 4) is 11.5 Å². The second-order valence-corrected chi connectivity index (χ2v) is 13.8. The van der Waals surface area contributed by atoms with Crippen molar-refractivity contribution in [3.05, 3.63) is 57.1 Å². The van der Waals surface area contributed by atoms with Crippen molar-refractivity contribution in [2.45, 2.75) is 51.6 Å². The van der Waals surface area contributed by atoms with Gasteiger partial charge in [0.15, 0.2) is 21.5 Å². The molecular weight excluding hydrogens is 600 g/mol. The highest BCUT2D eigenvalue weighted by Gasteiger charge is 2.31. The number of halogens is 4. The normalized spacial score (nSPS) is 13.0. The van der Waals surface area contributed by atoms with Crippen molar-refractivity contribution in [2.24, 2.45) is 0 Å². The Bertz CT molecular complexity index is 1530. The van der Waals surface area contributed by atoms with E-state index in [0.717, 1.165) is 12.1 Å². The number of hydrogen-bond donors (Lipinski definition) is 1. The summed E-state index contributed by atoms with van der Waals surface area (Å²) in [4.78, 5) is 23.3. The molecule has 0 radical (unpaired) electrons. The van der Waals surface area contributed by atoms with Crippen LogP contribution in [0.3, 0.4) is 0 Å². The van der Waals surface area contributed by atoms with E-state index in [9.17, 15) is 44.9 Å². The molecule has 1 N–H and O–H groups in total. The molecule has 0 aromatic heterocycles. The van der Waals surface area contributed by atoms with Gasteiger partial charge in [-0.1, -0.05) is 0 Å². The molecule has 0 aliphatic heterocycles. The number of sulfone groups is 1. The van der Waals surface area contributed by atoms with E-state index in [2.05, 4.69) is 0 Å². The fraction of sp³-hybridized carbons (Fsp3) is 0.458. The molecule has 0 aliphatic carbocycles. The largest absolute Gasteiger partial charge is 0.456 e. The standard InChI is InChI=1S/C24H28F4N2O9S2/c1-14-18(9-8-17(30(32)33)20(14)23(31)39-24(2,3)4)38-22-15(26)6-7-16(21(22)28)29-41(36,37)13-10-19(27)40(34,35)12-5-11-25/h6-9,19,29H,5,10-13H2,1-4H3. The molecule has 17 heteroatoms. The van der Waals surface area contributed by atoms with Gasteiger partial charge in [-0.25, -0.2) is 34.8 Å². The zero-order chi connectivity index (χ0) is 31.3. The number of rotatable bonds is 13. The minimum atomic E-state index is -4.58. The van der Waals surface area contributed by atoms with Gasteiger partial charge in [0.2, 0.25) is 21.3 Å². The summed E-state index contributed by atoms with van der Waals surface area (Å²) in [6, 6.07) is 3.15. The lowest BCUT2D eigenvalue weighted by Crippen LogP contribution is -2.26. The summed E-state index contributed by atoms with van der Waals surface area (Å²) in [5.74, 6) is -7.47. The van der Waals surface area contributed by atoms with Crippen LogP contribution < -0.4 is 9.46 Å². The van der Waals surface area contributed by atoms with E-state index in [0.29, 0.717) is 12.1 Å². The van der Waals surface area contributed by atoms with E-state index >= 15 is 4.39 Å². The van der Waals surface area contributed by atoms with Crippen LogP contribution in [0.15, 0.2) is 24.3 Å². The van der Waals surface area contributed by atoms with Crippen molar-refractivity contribution < 1.29 is 53.6 Å². The number of ether oxygens (including phenoxy) is 2. The summed E-state index contributed by atoms with van der Waals surface area (Å²) in [6.07, 6.45) is -1.50. The molecule has 2 rings (SSSR count). The van der Waals surface area contributed by atoms with Crippen LogP contribution >= 0.6 is 0 Å². The quantitative estimate of drug-likeness (QED) is 0.137. The molecule has 0 bridgehead atoms. The SMILES string of the molecule is Cc1c(Oc2c(F)ccc(NS(=O)(=O)CCC(F)S(=O)(=O)CCCF)c2F)ccc([N+](=O)[O-])c1C(=O)OC(C)(C)C. The minimum Gasteiger partial charge on any atom is -0.456 e. The van der Waals surface area contributed by atoms with Crippen molar-refractivity contribution >= 4 is 37.2 Å². The van der Waals surface area contributed by atoms with E-state index in [1.54, 1.807) is 4.72 Å². The lowest BCUT2D eigenvalue weighted by Gasteiger charge is -2.21. The average molecular weight is 629 g/mol. The molecule has 0 saturated heterocycles. The number of benzene rings is 2. The number of carbonyl (C=O) groups is 1. The smallest absolute Gasteiger partial charge is 0.346 e. The Labute approximate surface area is 234 Å². The zero-order valence-corrected chi connectivity index (χ0v) is 24.0. The number of hydrogen-bond acceptors (Lipinski definition) is 9. The molecule has 2 aromatic carbocycles. The molecule has 0 spiro atoms. The van der Waals surface area contributed by atoms with Crippen LogP contribution in [-0.4, -0.2) is 57.0 Å². The Morgan fingerprint density at radius 3 is 2.29 bits per heavy atom. The highest BCUT2D eigenvalue weighted by Crippen LogP contribution is 2.37. The Morgan fingerprint density at radius 1 is 1.10 bits per heavy atom. The van der Waals surface area contributed by atoms with Gasteiger partial charge in [-0.3, -0.25) is 19.2 Å². The molecule has 1 atom stereocenters. The maximum absolute atomic E-state index is 15.2. The van der Waals surface area contributed by atoms with E-state index in [4.69, 9.17) is 9.47 Å². The van der Waals surface area contributed by atoms with Crippen LogP contribution in [-0.2, 0) is 24.6 Å². The van der Waals surface area contributed by atoms with Crippen LogP contribution in [0.5, 0.6) is 11.5 Å². The van der Waals surface area contributed by atoms with Gasteiger partial charge in [0.05, 0.1) is 28.8 Å². The summed E-state index contributed by atoms with van der Waals surface area (Å²) in [7, 11) is -9.00. The number of alkyl halides is 2. The fourth-order valence-electron chi connectivity index (χ4n) is 3.37. The van der Waals surface area contributed by atoms with E-state index < -0.39 is 113 Å². The molecule has 2 aromatic rings. The first-order chi connectivity index (χ1) is 18.8. The van der Waals surface area contributed by atoms with Crippen LogP contribution in [0.1, 0.15) is 49.5 Å². The van der Waals surface area contributed by atoms with E-state index in [-0.39, 0.29) is 5.56 Å². The van der Waals surface area contributed by atoms with Crippen LogP contribution in [0.4, 0.5) is 28.9 Å². The molecule has 1 unspecified atom stereocenters. The van der Waals surface area contributed by atoms with Crippen molar-refractivity contribution in [1.29, 1.82) is 0 Å².